The molecule has 0 aliphatic carbocycles. The van der Waals surface area contributed by atoms with E-state index in [0.29, 0.717) is 24.2 Å². The van der Waals surface area contributed by atoms with Crippen LogP contribution < -0.4 is 21.5 Å². The molecule has 0 saturated heterocycles. The van der Waals surface area contributed by atoms with Gasteiger partial charge >= 0.3 is 11.9 Å². The van der Waals surface area contributed by atoms with Gasteiger partial charge in [0.15, 0.2) is 5.69 Å². The molecule has 0 bridgehead atoms. The summed E-state index contributed by atoms with van der Waals surface area (Å²) >= 11 is 3.92. The first kappa shape index (κ1) is 41.7. The molecule has 0 radical (unpaired) electrons. The highest BCUT2D eigenvalue weighted by molar-refractivity contribution is 9.10. The minimum absolute atomic E-state index is 0. The van der Waals surface area contributed by atoms with E-state index in [1.165, 1.54) is 0 Å². The molecule has 5 aromatic rings. The second-order valence-corrected chi connectivity index (χ2v) is 15.8. The molecule has 9 heteroatoms. The van der Waals surface area contributed by atoms with Crippen molar-refractivity contribution in [1.29, 1.82) is 0 Å². The number of esters is 2. The van der Waals surface area contributed by atoms with E-state index >= 15 is 0 Å². The number of ether oxygens (including phenoxy) is 2. The van der Waals surface area contributed by atoms with Gasteiger partial charge in [-0.2, -0.15) is 0 Å². The lowest BCUT2D eigenvalue weighted by Crippen LogP contribution is -3.00. The Labute approximate surface area is 332 Å². The monoisotopic (exact) mass is 844 g/mol. The number of imidazole rings is 1. The van der Waals surface area contributed by atoms with E-state index in [-0.39, 0.29) is 35.5 Å². The Kier molecular flexibility index (Phi) is 14.0. The van der Waals surface area contributed by atoms with E-state index in [0.717, 1.165) is 68.8 Å². The highest BCUT2D eigenvalue weighted by Crippen LogP contribution is 2.29. The quantitative estimate of drug-likeness (QED) is 0.112. The van der Waals surface area contributed by atoms with E-state index in [4.69, 9.17) is 9.47 Å². The van der Waals surface area contributed by atoms with Crippen molar-refractivity contribution in [3.05, 3.63) is 135 Å². The molecule has 0 saturated carbocycles. The topological polar surface area (TPSA) is 81.6 Å². The van der Waals surface area contributed by atoms with E-state index in [9.17, 15) is 14.7 Å². The number of unbranched alkanes of at least 4 members (excludes halogenated alkanes) is 1. The normalized spacial score (nSPS) is 11.6. The Morgan fingerprint density at radius 2 is 1.17 bits per heavy atom. The Bertz CT molecular complexity index is 2020. The number of aliphatic hydroxyl groups is 1. The van der Waals surface area contributed by atoms with Crippen molar-refractivity contribution in [2.24, 2.45) is 0 Å². The van der Waals surface area contributed by atoms with Crippen molar-refractivity contribution in [1.82, 2.24) is 4.57 Å². The second-order valence-electron chi connectivity index (χ2n) is 15.1. The lowest BCUT2D eigenvalue weighted by Gasteiger charge is -2.20. The largest absolute Gasteiger partial charge is 1.00 e. The van der Waals surface area contributed by atoms with Gasteiger partial charge in [0, 0.05) is 22.4 Å². The van der Waals surface area contributed by atoms with Crippen molar-refractivity contribution in [3.8, 4) is 22.3 Å². The summed E-state index contributed by atoms with van der Waals surface area (Å²) in [6, 6.07) is 31.5. The zero-order valence-electron chi connectivity index (χ0n) is 31.7. The highest BCUT2D eigenvalue weighted by atomic mass is 79.9. The van der Waals surface area contributed by atoms with Crippen molar-refractivity contribution in [2.75, 3.05) is 0 Å². The minimum atomic E-state index is -0.589. The first-order valence-corrected chi connectivity index (χ1v) is 18.7. The predicted octanol–water partition coefficient (Wildman–Crippen LogP) is 6.72. The Balaban J connectivity index is 0.00000627. The third kappa shape index (κ3) is 10.6. The third-order valence-electron chi connectivity index (χ3n) is 8.64. The predicted molar refractivity (Wildman–Crippen MR) is 209 cm³/mol. The zero-order valence-corrected chi connectivity index (χ0v) is 34.9. The molecular formula is C44H50Br2N2O5. The van der Waals surface area contributed by atoms with Gasteiger partial charge in [0.05, 0.1) is 11.1 Å². The average molecular weight is 847 g/mol. The van der Waals surface area contributed by atoms with Gasteiger partial charge in [0.25, 0.3) is 5.82 Å². The maximum Gasteiger partial charge on any atom is 0.339 e. The Morgan fingerprint density at radius 1 is 0.717 bits per heavy atom. The number of carbonyl (C=O) groups is 2. The molecule has 0 amide bonds. The molecule has 4 aromatic carbocycles. The van der Waals surface area contributed by atoms with E-state index in [2.05, 4.69) is 56.3 Å². The molecule has 1 N–H and O–H groups in total. The Morgan fingerprint density at radius 3 is 1.60 bits per heavy atom. The molecule has 280 valence electrons. The number of nitrogens with zero attached hydrogens (tertiary/aromatic N) is 2. The molecule has 5 rings (SSSR count). The molecule has 0 fully saturated rings. The fourth-order valence-electron chi connectivity index (χ4n) is 6.22. The molecule has 0 aliphatic rings. The number of halogens is 2. The summed E-state index contributed by atoms with van der Waals surface area (Å²) in [6.45, 7) is 14.4. The first-order valence-electron chi connectivity index (χ1n) is 17.9. The summed E-state index contributed by atoms with van der Waals surface area (Å²) in [7, 11) is 0. The zero-order chi connectivity index (χ0) is 37.6. The van der Waals surface area contributed by atoms with Gasteiger partial charge in [-0.25, -0.2) is 18.7 Å². The van der Waals surface area contributed by atoms with Gasteiger partial charge in [-0.1, -0.05) is 98.3 Å². The first-order chi connectivity index (χ1) is 24.7. The van der Waals surface area contributed by atoms with Crippen LogP contribution in [0.1, 0.15) is 105 Å². The van der Waals surface area contributed by atoms with Crippen LogP contribution in [0.15, 0.2) is 102 Å². The third-order valence-corrected chi connectivity index (χ3v) is 9.52. The fraction of sp³-hybridized carbons (Fsp3) is 0.341. The van der Waals surface area contributed by atoms with Crippen molar-refractivity contribution >= 4 is 27.9 Å². The molecule has 53 heavy (non-hydrogen) atoms. The van der Waals surface area contributed by atoms with Crippen LogP contribution in [0, 0.1) is 0 Å². The number of benzene rings is 4. The molecule has 0 atom stereocenters. The molecule has 1 heterocycles. The summed E-state index contributed by atoms with van der Waals surface area (Å²) in [6.07, 6.45) is 2.92. The number of aromatic nitrogens is 2. The molecular weight excluding hydrogens is 796 g/mol. The van der Waals surface area contributed by atoms with E-state index in [1.54, 1.807) is 12.1 Å². The number of carbonyl (C=O) groups excluding carboxylic acids is 2. The van der Waals surface area contributed by atoms with E-state index < -0.39 is 11.2 Å². The smallest absolute Gasteiger partial charge is 0.339 e. The van der Waals surface area contributed by atoms with Crippen LogP contribution >= 0.6 is 15.9 Å². The highest BCUT2D eigenvalue weighted by Gasteiger charge is 2.29. The van der Waals surface area contributed by atoms with E-state index in [1.807, 2.05) is 102 Å². The maximum atomic E-state index is 13.0. The van der Waals surface area contributed by atoms with Gasteiger partial charge in [-0.05, 0) is 93.5 Å². The molecule has 7 nitrogen and oxygen atoms in total. The van der Waals surface area contributed by atoms with Crippen LogP contribution in [-0.2, 0) is 35.6 Å². The van der Waals surface area contributed by atoms with Crippen molar-refractivity contribution < 1.29 is 45.7 Å². The van der Waals surface area contributed by atoms with Crippen LogP contribution in [0.25, 0.3) is 22.3 Å². The summed E-state index contributed by atoms with van der Waals surface area (Å²) < 4.78 is 16.7. The van der Waals surface area contributed by atoms with Crippen LogP contribution in [0.3, 0.4) is 0 Å². The summed E-state index contributed by atoms with van der Waals surface area (Å²) in [5.74, 6) is 0.111. The number of rotatable bonds is 12. The number of hydrogen-bond donors (Lipinski definition) is 1. The second kappa shape index (κ2) is 17.9. The van der Waals surface area contributed by atoms with Gasteiger partial charge in [-0.3, -0.25) is 0 Å². The van der Waals surface area contributed by atoms with Crippen LogP contribution in [0.5, 0.6) is 0 Å². The van der Waals surface area contributed by atoms with Gasteiger partial charge in [-0.15, -0.1) is 0 Å². The fourth-order valence-corrected chi connectivity index (χ4v) is 6.96. The number of hydrogen-bond acceptors (Lipinski definition) is 5. The van der Waals surface area contributed by atoms with Crippen molar-refractivity contribution in [2.45, 2.75) is 98.6 Å². The lowest BCUT2D eigenvalue weighted by atomic mass is 9.98. The van der Waals surface area contributed by atoms with Crippen LogP contribution in [0.4, 0.5) is 0 Å². The molecule has 0 aliphatic heterocycles. The molecule has 0 spiro atoms. The van der Waals surface area contributed by atoms with Crippen LogP contribution in [0.2, 0.25) is 0 Å². The standard InChI is InChI=1S/C44H50BrN2O5.BrH/c1-8-9-18-38-40(45)47(28-31-21-25-33(26-22-31)35-15-11-13-17-37(35)42(50)52-44(5,6)7)39(29-48)46(38)27-30-19-23-32(24-20-30)34-14-10-12-16-36(34)41(49)51-43(2,3)4;/h10-17,19-26,48H,8-9,18,27-29H2,1-7H3;1H/q+1;/p-1. The number of aliphatic hydroxyl groups excluding tert-OH is 1. The van der Waals surface area contributed by atoms with Gasteiger partial charge < -0.3 is 31.6 Å². The lowest BCUT2D eigenvalue weighted by molar-refractivity contribution is -0.707. The van der Waals surface area contributed by atoms with Crippen molar-refractivity contribution in [3.63, 3.8) is 0 Å². The van der Waals surface area contributed by atoms with Gasteiger partial charge in [0.1, 0.15) is 30.9 Å². The molecule has 1 aromatic heterocycles. The summed E-state index contributed by atoms with van der Waals surface area (Å²) in [5, 5.41) is 10.8. The SMILES string of the molecule is CCCCc1c(Br)[n+](Cc2ccc(-c3ccccc3C(=O)OC(C)(C)C)cc2)c(CO)n1Cc1ccc(-c2ccccc2C(=O)OC(C)(C)C)cc1.[Br-]. The average Bonchev–Trinajstić information content (AvgIpc) is 3.34. The van der Waals surface area contributed by atoms with Crippen LogP contribution in [-0.4, -0.2) is 32.8 Å². The minimum Gasteiger partial charge on any atom is -1.00 e. The summed E-state index contributed by atoms with van der Waals surface area (Å²) in [4.78, 5) is 26.0. The molecule has 0 unspecified atom stereocenters. The summed E-state index contributed by atoms with van der Waals surface area (Å²) in [5.41, 5.74) is 6.66. The Hall–Kier alpha value is -4.05. The maximum absolute atomic E-state index is 13.0. The van der Waals surface area contributed by atoms with Gasteiger partial charge in [0.2, 0.25) is 4.60 Å².